The topological polar surface area (TPSA) is 26.3 Å². The molecule has 1 saturated carbocycles. The summed E-state index contributed by atoms with van der Waals surface area (Å²) in [5.74, 6) is 1.16. The Balaban J connectivity index is 2.18. The summed E-state index contributed by atoms with van der Waals surface area (Å²) in [4.78, 5) is 11.1. The maximum Gasteiger partial charge on any atom is 0.162 e. The molecule has 0 saturated heterocycles. The van der Waals surface area contributed by atoms with E-state index in [-0.39, 0.29) is 11.9 Å². The van der Waals surface area contributed by atoms with Crippen LogP contribution in [-0.2, 0) is 9.53 Å². The zero-order valence-electron chi connectivity index (χ0n) is 5.91. The van der Waals surface area contributed by atoms with Crippen LogP contribution >= 0.6 is 0 Å². The molecule has 0 heterocycles. The summed E-state index contributed by atoms with van der Waals surface area (Å²) >= 11 is 0. The molecular weight excluding hydrogens is 128 g/mol. The van der Waals surface area contributed by atoms with Gasteiger partial charge in [-0.15, -0.1) is 0 Å². The van der Waals surface area contributed by atoms with Crippen LogP contribution in [0.5, 0.6) is 0 Å². The Kier molecular flexibility index (Phi) is 1.17. The van der Waals surface area contributed by atoms with Gasteiger partial charge in [-0.2, -0.15) is 0 Å². The quantitative estimate of drug-likeness (QED) is 0.500. The van der Waals surface area contributed by atoms with Gasteiger partial charge in [0.1, 0.15) is 6.10 Å². The molecule has 0 aromatic carbocycles. The Labute approximate surface area is 59.9 Å². The van der Waals surface area contributed by atoms with Crippen LogP contribution in [0.3, 0.4) is 0 Å². The van der Waals surface area contributed by atoms with E-state index in [4.69, 9.17) is 4.74 Å². The number of carbonyl (C=O) groups excluding carboxylic acids is 1. The number of hydrogen-bond donors (Lipinski definition) is 0. The summed E-state index contributed by atoms with van der Waals surface area (Å²) in [5.41, 5.74) is 0. The van der Waals surface area contributed by atoms with Gasteiger partial charge in [-0.1, -0.05) is 12.2 Å². The molecule has 0 N–H and O–H groups in total. The number of hydrogen-bond acceptors (Lipinski definition) is 2. The summed E-state index contributed by atoms with van der Waals surface area (Å²) in [6.45, 7) is 0. The van der Waals surface area contributed by atoms with Crippen LogP contribution < -0.4 is 0 Å². The molecule has 2 heteroatoms. The van der Waals surface area contributed by atoms with Crippen LogP contribution in [0, 0.1) is 11.8 Å². The monoisotopic (exact) mass is 138 g/mol. The highest BCUT2D eigenvalue weighted by Crippen LogP contribution is 2.39. The van der Waals surface area contributed by atoms with Crippen LogP contribution in [0.25, 0.3) is 0 Å². The lowest BCUT2D eigenvalue weighted by Crippen LogP contribution is -2.26. The van der Waals surface area contributed by atoms with Gasteiger partial charge in [0.2, 0.25) is 0 Å². The van der Waals surface area contributed by atoms with Gasteiger partial charge in [-0.05, 0) is 5.92 Å². The van der Waals surface area contributed by atoms with Crippen molar-refractivity contribution < 1.29 is 9.53 Å². The van der Waals surface area contributed by atoms with E-state index < -0.39 is 0 Å². The van der Waals surface area contributed by atoms with Crippen LogP contribution in [0.15, 0.2) is 12.2 Å². The normalized spacial score (nSPS) is 43.3. The van der Waals surface area contributed by atoms with Crippen molar-refractivity contribution in [1.82, 2.24) is 0 Å². The Hall–Kier alpha value is -0.630. The minimum atomic E-state index is -0.130. The second kappa shape index (κ2) is 1.92. The molecule has 0 aromatic rings. The van der Waals surface area contributed by atoms with Gasteiger partial charge >= 0.3 is 0 Å². The average molecular weight is 138 g/mol. The van der Waals surface area contributed by atoms with Crippen molar-refractivity contribution in [2.45, 2.75) is 12.5 Å². The molecular formula is C8H10O2. The van der Waals surface area contributed by atoms with Crippen molar-refractivity contribution in [2.75, 3.05) is 7.11 Å². The first-order valence-electron chi connectivity index (χ1n) is 3.57. The largest absolute Gasteiger partial charge is 0.373 e. The highest BCUT2D eigenvalue weighted by atomic mass is 16.5. The average Bonchev–Trinajstić information content (AvgIpc) is 2.09. The number of ketones is 1. The number of allylic oxidation sites excluding steroid dienone is 1. The van der Waals surface area contributed by atoms with Crippen LogP contribution in [-0.4, -0.2) is 19.0 Å². The first-order valence-corrected chi connectivity index (χ1v) is 3.57. The summed E-state index contributed by atoms with van der Waals surface area (Å²) in [7, 11) is 1.61. The van der Waals surface area contributed by atoms with Crippen LogP contribution in [0.2, 0.25) is 0 Å². The highest BCUT2D eigenvalue weighted by Gasteiger charge is 2.43. The first-order chi connectivity index (χ1) is 4.83. The van der Waals surface area contributed by atoms with E-state index in [1.165, 1.54) is 0 Å². The maximum atomic E-state index is 11.1. The maximum absolute atomic E-state index is 11.1. The number of methoxy groups -OCH3 is 1. The predicted octanol–water partition coefficient (Wildman–Crippen LogP) is 0.776. The Morgan fingerprint density at radius 2 is 2.40 bits per heavy atom. The lowest BCUT2D eigenvalue weighted by atomic mass is 9.84. The number of carbonyl (C=O) groups is 1. The van der Waals surface area contributed by atoms with E-state index in [0.717, 1.165) is 0 Å². The third kappa shape index (κ3) is 0.598. The molecule has 10 heavy (non-hydrogen) atoms. The molecule has 0 spiro atoms. The number of fused-ring (bicyclic) bond motifs is 1. The standard InChI is InChI=1S/C8H10O2/c1-10-8-6-3-2-5(6)4-7(8)9/h2-3,5-6,8H,4H2,1H3/t5-,6-,8-/m1/s1. The molecule has 0 aliphatic heterocycles. The summed E-state index contributed by atoms with van der Waals surface area (Å²) < 4.78 is 5.06. The second-order valence-electron chi connectivity index (χ2n) is 2.95. The molecule has 54 valence electrons. The van der Waals surface area contributed by atoms with Crippen LogP contribution in [0.4, 0.5) is 0 Å². The highest BCUT2D eigenvalue weighted by molar-refractivity contribution is 5.87. The SMILES string of the molecule is CO[C@H]1C(=O)C[C@H]2C=C[C@H]21. The zero-order valence-corrected chi connectivity index (χ0v) is 5.91. The fraction of sp³-hybridized carbons (Fsp3) is 0.625. The van der Waals surface area contributed by atoms with Crippen molar-refractivity contribution in [3.8, 4) is 0 Å². The molecule has 0 unspecified atom stereocenters. The van der Waals surface area contributed by atoms with Gasteiger partial charge in [-0.25, -0.2) is 0 Å². The molecule has 0 amide bonds. The number of Topliss-reactive ketones (excluding diaryl/α,β-unsaturated/α-hetero) is 1. The summed E-state index contributed by atoms with van der Waals surface area (Å²) in [6, 6.07) is 0. The zero-order chi connectivity index (χ0) is 7.14. The van der Waals surface area contributed by atoms with Crippen molar-refractivity contribution in [2.24, 2.45) is 11.8 Å². The Morgan fingerprint density at radius 1 is 1.60 bits per heavy atom. The van der Waals surface area contributed by atoms with E-state index in [0.29, 0.717) is 18.3 Å². The molecule has 0 radical (unpaired) electrons. The lowest BCUT2D eigenvalue weighted by Gasteiger charge is -2.23. The predicted molar refractivity (Wildman–Crippen MR) is 36.5 cm³/mol. The van der Waals surface area contributed by atoms with Gasteiger partial charge in [0.15, 0.2) is 5.78 Å². The Bertz CT molecular complexity index is 195. The van der Waals surface area contributed by atoms with E-state index in [9.17, 15) is 4.79 Å². The van der Waals surface area contributed by atoms with E-state index >= 15 is 0 Å². The van der Waals surface area contributed by atoms with E-state index in [2.05, 4.69) is 12.2 Å². The van der Waals surface area contributed by atoms with Crippen LogP contribution in [0.1, 0.15) is 6.42 Å². The first kappa shape index (κ1) is 6.10. The lowest BCUT2D eigenvalue weighted by molar-refractivity contribution is -0.126. The molecule has 0 bridgehead atoms. The molecule has 2 rings (SSSR count). The summed E-state index contributed by atoms with van der Waals surface area (Å²) in [5, 5.41) is 0. The molecule has 0 aromatic heterocycles. The Morgan fingerprint density at radius 3 is 2.70 bits per heavy atom. The number of rotatable bonds is 1. The number of ether oxygens (including phenoxy) is 1. The van der Waals surface area contributed by atoms with Gasteiger partial charge in [-0.3, -0.25) is 4.79 Å². The third-order valence-electron chi connectivity index (χ3n) is 2.43. The fourth-order valence-electron chi connectivity index (χ4n) is 1.78. The van der Waals surface area contributed by atoms with Crippen molar-refractivity contribution in [3.63, 3.8) is 0 Å². The molecule has 2 aliphatic rings. The molecule has 1 fully saturated rings. The minimum Gasteiger partial charge on any atom is -0.373 e. The minimum absolute atomic E-state index is 0.130. The summed E-state index contributed by atoms with van der Waals surface area (Å²) in [6.07, 6.45) is 4.74. The van der Waals surface area contributed by atoms with E-state index in [1.54, 1.807) is 7.11 Å². The molecule has 2 nitrogen and oxygen atoms in total. The molecule has 2 aliphatic carbocycles. The smallest absolute Gasteiger partial charge is 0.162 e. The second-order valence-corrected chi connectivity index (χ2v) is 2.95. The fourth-order valence-corrected chi connectivity index (χ4v) is 1.78. The van der Waals surface area contributed by atoms with Crippen molar-refractivity contribution in [1.29, 1.82) is 0 Å². The van der Waals surface area contributed by atoms with Crippen molar-refractivity contribution in [3.05, 3.63) is 12.2 Å². The van der Waals surface area contributed by atoms with Gasteiger partial charge in [0, 0.05) is 19.4 Å². The van der Waals surface area contributed by atoms with Gasteiger partial charge < -0.3 is 4.74 Å². The van der Waals surface area contributed by atoms with Gasteiger partial charge in [0.05, 0.1) is 0 Å². The van der Waals surface area contributed by atoms with Crippen molar-refractivity contribution >= 4 is 5.78 Å². The van der Waals surface area contributed by atoms with Gasteiger partial charge in [0.25, 0.3) is 0 Å². The molecule has 3 atom stereocenters. The third-order valence-corrected chi connectivity index (χ3v) is 2.43. The van der Waals surface area contributed by atoms with E-state index in [1.807, 2.05) is 0 Å².